The second-order valence-electron chi connectivity index (χ2n) is 3.69. The van der Waals surface area contributed by atoms with Gasteiger partial charge in [0.15, 0.2) is 0 Å². The quantitative estimate of drug-likeness (QED) is 0.576. The van der Waals surface area contributed by atoms with E-state index in [1.165, 1.54) is 4.31 Å². The van der Waals surface area contributed by atoms with E-state index in [0.717, 1.165) is 5.56 Å². The Morgan fingerprint density at radius 3 is 2.47 bits per heavy atom. The molecule has 80 valence electrons. The number of benzene rings is 1. The normalized spacial score (nSPS) is 24.9. The summed E-state index contributed by atoms with van der Waals surface area (Å²) < 4.78 is 25.3. The molecule has 0 bridgehead atoms. The maximum Gasteiger partial charge on any atom is 0.243 e. The van der Waals surface area contributed by atoms with Gasteiger partial charge in [-0.1, -0.05) is 23.8 Å². The van der Waals surface area contributed by atoms with Crippen molar-refractivity contribution >= 4 is 10.0 Å². The highest BCUT2D eigenvalue weighted by molar-refractivity contribution is 7.89. The van der Waals surface area contributed by atoms with Gasteiger partial charge in [-0.3, -0.25) is 0 Å². The van der Waals surface area contributed by atoms with Gasteiger partial charge in [-0.15, -0.1) is 6.58 Å². The predicted octanol–water partition coefficient (Wildman–Crippen LogP) is 1.55. The molecule has 2 rings (SSSR count). The Bertz CT molecular complexity index is 476. The topological polar surface area (TPSA) is 37.1 Å². The molecule has 0 N–H and O–H groups in total. The van der Waals surface area contributed by atoms with Crippen molar-refractivity contribution in [2.75, 3.05) is 6.54 Å². The Balaban J connectivity index is 2.31. The Hall–Kier alpha value is -1.13. The maximum absolute atomic E-state index is 12.0. The summed E-state index contributed by atoms with van der Waals surface area (Å²) in [5.41, 5.74) is 1.06. The smallest absolute Gasteiger partial charge is 0.207 e. The van der Waals surface area contributed by atoms with Crippen LogP contribution >= 0.6 is 0 Å². The molecular formula is C11H13NO2S. The minimum absolute atomic E-state index is 0.0173. The van der Waals surface area contributed by atoms with Crippen molar-refractivity contribution < 1.29 is 8.42 Å². The SMILES string of the molecule is C=C[C@H]1CN1S(=O)(=O)c1ccc(C)cc1. The van der Waals surface area contributed by atoms with Crippen molar-refractivity contribution in [1.82, 2.24) is 4.31 Å². The van der Waals surface area contributed by atoms with Crippen LogP contribution in [0.25, 0.3) is 0 Å². The first kappa shape index (κ1) is 10.4. The largest absolute Gasteiger partial charge is 0.243 e. The van der Waals surface area contributed by atoms with Crippen LogP contribution in [0.2, 0.25) is 0 Å². The highest BCUT2D eigenvalue weighted by atomic mass is 32.2. The lowest BCUT2D eigenvalue weighted by atomic mass is 10.2. The molecule has 1 saturated heterocycles. The average molecular weight is 223 g/mol. The van der Waals surface area contributed by atoms with Crippen LogP contribution < -0.4 is 0 Å². The second-order valence-corrected chi connectivity index (χ2v) is 5.58. The maximum atomic E-state index is 12.0. The molecule has 1 unspecified atom stereocenters. The standard InChI is InChI=1S/C11H13NO2S/c1-3-10-8-12(10)15(13,14)11-6-4-9(2)5-7-11/h3-7,10H,1,8H2,2H3/t10-,12?/m0/s1. The van der Waals surface area contributed by atoms with Gasteiger partial charge >= 0.3 is 0 Å². The van der Waals surface area contributed by atoms with Gasteiger partial charge in [0.1, 0.15) is 0 Å². The third-order valence-electron chi connectivity index (χ3n) is 2.50. The van der Waals surface area contributed by atoms with Crippen molar-refractivity contribution in [2.24, 2.45) is 0 Å². The molecule has 0 amide bonds. The summed E-state index contributed by atoms with van der Waals surface area (Å²) in [7, 11) is -3.28. The monoisotopic (exact) mass is 223 g/mol. The first-order valence-corrected chi connectivity index (χ1v) is 6.21. The molecule has 0 radical (unpaired) electrons. The van der Waals surface area contributed by atoms with Crippen LogP contribution in [0.15, 0.2) is 41.8 Å². The van der Waals surface area contributed by atoms with Gasteiger partial charge in [0.2, 0.25) is 10.0 Å². The van der Waals surface area contributed by atoms with Crippen molar-refractivity contribution in [2.45, 2.75) is 17.9 Å². The molecule has 0 spiro atoms. The third-order valence-corrected chi connectivity index (χ3v) is 4.41. The summed E-state index contributed by atoms with van der Waals surface area (Å²) in [6.07, 6.45) is 1.66. The number of nitrogens with zero attached hydrogens (tertiary/aromatic N) is 1. The molecule has 15 heavy (non-hydrogen) atoms. The van der Waals surface area contributed by atoms with Crippen LogP contribution in [0.1, 0.15) is 5.56 Å². The molecule has 0 aliphatic carbocycles. The van der Waals surface area contributed by atoms with Gasteiger partial charge < -0.3 is 0 Å². The highest BCUT2D eigenvalue weighted by Gasteiger charge is 2.42. The van der Waals surface area contributed by atoms with E-state index in [1.807, 2.05) is 6.92 Å². The summed E-state index contributed by atoms with van der Waals surface area (Å²) >= 11 is 0. The van der Waals surface area contributed by atoms with Crippen molar-refractivity contribution in [3.8, 4) is 0 Å². The van der Waals surface area contributed by atoms with Crippen molar-refractivity contribution in [1.29, 1.82) is 0 Å². The van der Waals surface area contributed by atoms with Crippen LogP contribution in [-0.2, 0) is 10.0 Å². The van der Waals surface area contributed by atoms with E-state index in [9.17, 15) is 8.42 Å². The summed E-state index contributed by atoms with van der Waals surface area (Å²) in [4.78, 5) is 0.359. The molecule has 4 heteroatoms. The fraction of sp³-hybridized carbons (Fsp3) is 0.273. The van der Waals surface area contributed by atoms with Crippen LogP contribution in [0.4, 0.5) is 0 Å². The Morgan fingerprint density at radius 1 is 1.40 bits per heavy atom. The average Bonchev–Trinajstić information content (AvgIpc) is 2.98. The molecule has 0 aromatic heterocycles. The second kappa shape index (κ2) is 3.47. The Labute approximate surface area is 90.1 Å². The minimum Gasteiger partial charge on any atom is -0.207 e. The summed E-state index contributed by atoms with van der Waals surface area (Å²) in [6.45, 7) is 6.07. The molecular weight excluding hydrogens is 210 g/mol. The van der Waals surface area contributed by atoms with Gasteiger partial charge in [0.25, 0.3) is 0 Å². The van der Waals surface area contributed by atoms with Crippen LogP contribution in [0.3, 0.4) is 0 Å². The first-order valence-electron chi connectivity index (χ1n) is 4.77. The van der Waals surface area contributed by atoms with Gasteiger partial charge in [-0.05, 0) is 19.1 Å². The van der Waals surface area contributed by atoms with Crippen LogP contribution in [-0.4, -0.2) is 25.3 Å². The summed E-state index contributed by atoms with van der Waals surface area (Å²) in [6, 6.07) is 6.88. The molecule has 2 atom stereocenters. The lowest BCUT2D eigenvalue weighted by molar-refractivity contribution is 0.558. The molecule has 1 heterocycles. The zero-order valence-electron chi connectivity index (χ0n) is 8.55. The van der Waals surface area contributed by atoms with E-state index < -0.39 is 10.0 Å². The zero-order valence-corrected chi connectivity index (χ0v) is 9.37. The third kappa shape index (κ3) is 1.82. The van der Waals surface area contributed by atoms with E-state index in [0.29, 0.717) is 11.4 Å². The van der Waals surface area contributed by atoms with E-state index in [4.69, 9.17) is 0 Å². The predicted molar refractivity (Wildman–Crippen MR) is 59.1 cm³/mol. The van der Waals surface area contributed by atoms with Crippen LogP contribution in [0, 0.1) is 6.92 Å². The number of aryl methyl sites for hydroxylation is 1. The fourth-order valence-electron chi connectivity index (χ4n) is 1.45. The van der Waals surface area contributed by atoms with E-state index in [2.05, 4.69) is 6.58 Å². The fourth-order valence-corrected chi connectivity index (χ4v) is 2.99. The molecule has 1 aromatic carbocycles. The van der Waals surface area contributed by atoms with E-state index >= 15 is 0 Å². The summed E-state index contributed by atoms with van der Waals surface area (Å²) in [5, 5.41) is 0. The van der Waals surface area contributed by atoms with Crippen molar-refractivity contribution in [3.05, 3.63) is 42.5 Å². The van der Waals surface area contributed by atoms with Crippen LogP contribution in [0.5, 0.6) is 0 Å². The first-order chi connectivity index (χ1) is 7.05. The molecule has 1 aromatic rings. The lowest BCUT2D eigenvalue weighted by Gasteiger charge is -2.04. The molecule has 1 fully saturated rings. The van der Waals surface area contributed by atoms with Crippen molar-refractivity contribution in [3.63, 3.8) is 0 Å². The number of rotatable bonds is 3. The highest BCUT2D eigenvalue weighted by Crippen LogP contribution is 2.28. The number of hydrogen-bond donors (Lipinski definition) is 0. The number of hydrogen-bond acceptors (Lipinski definition) is 2. The molecule has 0 saturated carbocycles. The van der Waals surface area contributed by atoms with E-state index in [1.54, 1.807) is 30.3 Å². The van der Waals surface area contributed by atoms with Gasteiger partial charge in [-0.25, -0.2) is 8.42 Å². The molecule has 3 nitrogen and oxygen atoms in total. The number of sulfonamides is 1. The molecule has 1 aliphatic heterocycles. The zero-order chi connectivity index (χ0) is 11.1. The van der Waals surface area contributed by atoms with Gasteiger partial charge in [-0.2, -0.15) is 4.31 Å². The Morgan fingerprint density at radius 2 is 2.00 bits per heavy atom. The lowest BCUT2D eigenvalue weighted by Crippen LogP contribution is -2.13. The molecule has 1 aliphatic rings. The minimum atomic E-state index is -3.28. The van der Waals surface area contributed by atoms with Gasteiger partial charge in [0.05, 0.1) is 10.9 Å². The van der Waals surface area contributed by atoms with E-state index in [-0.39, 0.29) is 6.04 Å². The summed E-state index contributed by atoms with van der Waals surface area (Å²) in [5.74, 6) is 0. The van der Waals surface area contributed by atoms with Gasteiger partial charge in [0, 0.05) is 6.54 Å². The Kier molecular flexibility index (Phi) is 2.40.